The maximum atomic E-state index is 13.4. The van der Waals surface area contributed by atoms with E-state index in [9.17, 15) is 9.18 Å². The summed E-state index contributed by atoms with van der Waals surface area (Å²) in [6.45, 7) is 1.70. The molecule has 0 bridgehead atoms. The normalized spacial score (nSPS) is 14.2. The van der Waals surface area contributed by atoms with Crippen LogP contribution in [0.3, 0.4) is 0 Å². The van der Waals surface area contributed by atoms with Crippen molar-refractivity contribution in [3.05, 3.63) is 66.6 Å². The van der Waals surface area contributed by atoms with Gasteiger partial charge in [-0.3, -0.25) is 9.36 Å². The smallest absolute Gasteiger partial charge is 0.233 e. The van der Waals surface area contributed by atoms with Crippen LogP contribution in [0.25, 0.3) is 16.9 Å². The van der Waals surface area contributed by atoms with E-state index in [0.717, 1.165) is 48.0 Å². The van der Waals surface area contributed by atoms with E-state index in [0.29, 0.717) is 5.75 Å². The van der Waals surface area contributed by atoms with Crippen molar-refractivity contribution in [1.82, 2.24) is 14.5 Å². The number of carbonyl (C=O) groups excluding carboxylic acids is 1. The van der Waals surface area contributed by atoms with Crippen LogP contribution in [0, 0.1) is 5.82 Å². The van der Waals surface area contributed by atoms with E-state index in [1.54, 1.807) is 12.1 Å². The summed E-state index contributed by atoms with van der Waals surface area (Å²) in [5.41, 5.74) is 2.76. The second-order valence-corrected chi connectivity index (χ2v) is 7.78. The molecule has 1 saturated heterocycles. The minimum Gasteiger partial charge on any atom is -0.342 e. The molecule has 0 atom stereocenters. The van der Waals surface area contributed by atoms with E-state index < -0.39 is 0 Å². The number of piperidine rings is 1. The second-order valence-electron chi connectivity index (χ2n) is 6.83. The molecule has 3 aromatic rings. The third kappa shape index (κ3) is 4.12. The molecule has 4 rings (SSSR count). The quantitative estimate of drug-likeness (QED) is 0.584. The van der Waals surface area contributed by atoms with Crippen LogP contribution in [-0.2, 0) is 4.79 Å². The predicted molar refractivity (Wildman–Crippen MR) is 110 cm³/mol. The summed E-state index contributed by atoms with van der Waals surface area (Å²) in [5, 5.41) is 0.732. The molecule has 28 heavy (non-hydrogen) atoms. The van der Waals surface area contributed by atoms with Crippen LogP contribution < -0.4 is 0 Å². The summed E-state index contributed by atoms with van der Waals surface area (Å²) in [6, 6.07) is 16.3. The molecule has 0 saturated carbocycles. The number of carbonyl (C=O) groups is 1. The number of likely N-dealkylation sites (tertiary alicyclic amines) is 1. The Bertz CT molecular complexity index is 934. The highest BCUT2D eigenvalue weighted by Crippen LogP contribution is 2.30. The predicted octanol–water partition coefficient (Wildman–Crippen LogP) is 4.78. The number of benzene rings is 2. The molecule has 0 spiro atoms. The Morgan fingerprint density at radius 2 is 1.71 bits per heavy atom. The molecule has 144 valence electrons. The average molecular weight is 396 g/mol. The molecule has 0 aliphatic carbocycles. The molecule has 2 heterocycles. The van der Waals surface area contributed by atoms with Gasteiger partial charge in [-0.1, -0.05) is 42.1 Å². The van der Waals surface area contributed by atoms with Gasteiger partial charge in [0.2, 0.25) is 5.91 Å². The molecule has 6 heteroatoms. The van der Waals surface area contributed by atoms with Gasteiger partial charge < -0.3 is 4.90 Å². The number of thioether (sulfide) groups is 1. The molecule has 1 aromatic heterocycles. The average Bonchev–Trinajstić information content (AvgIpc) is 3.18. The van der Waals surface area contributed by atoms with Crippen LogP contribution >= 0.6 is 11.8 Å². The van der Waals surface area contributed by atoms with Gasteiger partial charge in [-0.25, -0.2) is 9.37 Å². The van der Waals surface area contributed by atoms with Gasteiger partial charge >= 0.3 is 0 Å². The minimum absolute atomic E-state index is 0.152. The number of amides is 1. The first-order valence-electron chi connectivity index (χ1n) is 9.52. The lowest BCUT2D eigenvalue weighted by Crippen LogP contribution is -2.36. The largest absolute Gasteiger partial charge is 0.342 e. The van der Waals surface area contributed by atoms with Crippen molar-refractivity contribution < 1.29 is 9.18 Å². The third-order valence-electron chi connectivity index (χ3n) is 4.92. The summed E-state index contributed by atoms with van der Waals surface area (Å²) < 4.78 is 15.4. The molecule has 0 radical (unpaired) electrons. The molecule has 0 unspecified atom stereocenters. The van der Waals surface area contributed by atoms with Crippen molar-refractivity contribution in [2.24, 2.45) is 0 Å². The Kier molecular flexibility index (Phi) is 5.76. The van der Waals surface area contributed by atoms with Gasteiger partial charge in [-0.2, -0.15) is 0 Å². The van der Waals surface area contributed by atoms with E-state index >= 15 is 0 Å². The highest BCUT2D eigenvalue weighted by Gasteiger charge is 2.19. The summed E-state index contributed by atoms with van der Waals surface area (Å²) in [4.78, 5) is 19.1. The highest BCUT2D eigenvalue weighted by molar-refractivity contribution is 7.99. The number of rotatable bonds is 5. The van der Waals surface area contributed by atoms with E-state index in [4.69, 9.17) is 0 Å². The van der Waals surface area contributed by atoms with Gasteiger partial charge in [0.05, 0.1) is 17.6 Å². The van der Waals surface area contributed by atoms with Crippen molar-refractivity contribution in [1.29, 1.82) is 0 Å². The van der Waals surface area contributed by atoms with Gasteiger partial charge in [-0.15, -0.1) is 0 Å². The number of halogens is 1. The molecule has 1 aliphatic rings. The van der Waals surface area contributed by atoms with Gasteiger partial charge in [-0.05, 0) is 43.5 Å². The first kappa shape index (κ1) is 18.7. The molecular formula is C22H22FN3OS. The second kappa shape index (κ2) is 8.61. The lowest BCUT2D eigenvalue weighted by atomic mass is 10.1. The summed E-state index contributed by atoms with van der Waals surface area (Å²) >= 11 is 1.43. The van der Waals surface area contributed by atoms with Crippen molar-refractivity contribution in [3.63, 3.8) is 0 Å². The molecule has 1 fully saturated rings. The fourth-order valence-corrected chi connectivity index (χ4v) is 4.35. The number of hydrogen-bond acceptors (Lipinski definition) is 3. The van der Waals surface area contributed by atoms with Crippen LogP contribution in [0.5, 0.6) is 0 Å². The molecule has 1 aliphatic heterocycles. The lowest BCUT2D eigenvalue weighted by molar-refractivity contribution is -0.129. The van der Waals surface area contributed by atoms with E-state index in [1.165, 1.54) is 30.3 Å². The Morgan fingerprint density at radius 1 is 1.00 bits per heavy atom. The van der Waals surface area contributed by atoms with Gasteiger partial charge in [0.1, 0.15) is 5.82 Å². The summed E-state index contributed by atoms with van der Waals surface area (Å²) in [6.07, 6.45) is 5.18. The van der Waals surface area contributed by atoms with E-state index in [2.05, 4.69) is 4.98 Å². The van der Waals surface area contributed by atoms with Crippen molar-refractivity contribution in [3.8, 4) is 16.9 Å². The van der Waals surface area contributed by atoms with Gasteiger partial charge in [0.25, 0.3) is 0 Å². The maximum absolute atomic E-state index is 13.4. The van der Waals surface area contributed by atoms with Crippen LogP contribution in [0.4, 0.5) is 4.39 Å². The van der Waals surface area contributed by atoms with E-state index in [-0.39, 0.29) is 11.7 Å². The third-order valence-corrected chi connectivity index (χ3v) is 5.85. The minimum atomic E-state index is -0.278. The number of hydrogen-bond donors (Lipinski definition) is 0. The summed E-state index contributed by atoms with van der Waals surface area (Å²) in [5.74, 6) is 0.228. The fraction of sp³-hybridized carbons (Fsp3) is 0.273. The maximum Gasteiger partial charge on any atom is 0.233 e. The number of aromatic nitrogens is 2. The first-order valence-corrected chi connectivity index (χ1v) is 10.5. The molecule has 2 aromatic carbocycles. The molecule has 1 amide bonds. The van der Waals surface area contributed by atoms with Crippen LogP contribution in [0.15, 0.2) is 66.0 Å². The number of imidazole rings is 1. The topological polar surface area (TPSA) is 38.1 Å². The lowest BCUT2D eigenvalue weighted by Gasteiger charge is -2.26. The SMILES string of the molecule is O=C(CSc1ncc(-c2ccccc2)n1-c1ccc(F)cc1)N1CCCCC1. The molecule has 4 nitrogen and oxygen atoms in total. The highest BCUT2D eigenvalue weighted by atomic mass is 32.2. The van der Waals surface area contributed by atoms with Crippen LogP contribution in [-0.4, -0.2) is 39.2 Å². The zero-order valence-corrected chi connectivity index (χ0v) is 16.4. The Labute approximate surface area is 168 Å². The summed E-state index contributed by atoms with van der Waals surface area (Å²) in [7, 11) is 0. The van der Waals surface area contributed by atoms with Crippen molar-refractivity contribution >= 4 is 17.7 Å². The Morgan fingerprint density at radius 3 is 2.43 bits per heavy atom. The Balaban J connectivity index is 1.62. The Hall–Kier alpha value is -2.60. The van der Waals surface area contributed by atoms with Crippen LogP contribution in [0.2, 0.25) is 0 Å². The van der Waals surface area contributed by atoms with Crippen molar-refractivity contribution in [2.45, 2.75) is 24.4 Å². The zero-order valence-electron chi connectivity index (χ0n) is 15.6. The molecule has 0 N–H and O–H groups in total. The van der Waals surface area contributed by atoms with E-state index in [1.807, 2.05) is 46.0 Å². The first-order chi connectivity index (χ1) is 13.7. The monoisotopic (exact) mass is 395 g/mol. The van der Waals surface area contributed by atoms with Gasteiger partial charge in [0.15, 0.2) is 5.16 Å². The van der Waals surface area contributed by atoms with Gasteiger partial charge in [0, 0.05) is 24.3 Å². The standard InChI is InChI=1S/C22H22FN3OS/c23-18-9-11-19(12-10-18)26-20(17-7-3-1-4-8-17)15-24-22(26)28-16-21(27)25-13-5-2-6-14-25/h1,3-4,7-12,15H,2,5-6,13-14,16H2. The zero-order chi connectivity index (χ0) is 19.3. The number of nitrogens with zero attached hydrogens (tertiary/aromatic N) is 3. The van der Waals surface area contributed by atoms with Crippen molar-refractivity contribution in [2.75, 3.05) is 18.8 Å². The molecular weight excluding hydrogens is 373 g/mol. The fourth-order valence-electron chi connectivity index (χ4n) is 3.45. The van der Waals surface area contributed by atoms with Crippen LogP contribution in [0.1, 0.15) is 19.3 Å².